The number of hydrogen-bond donors (Lipinski definition) is 2. The highest BCUT2D eigenvalue weighted by molar-refractivity contribution is 6.27. The van der Waals surface area contributed by atoms with Gasteiger partial charge in [-0.1, -0.05) is 43.2 Å². The maximum atomic E-state index is 11.0. The molecule has 6 nitrogen and oxygen atoms in total. The SMILES string of the molecule is O=C(O)C(=O)O.O=CN1CCCCCC1c1ccccc1. The molecule has 1 atom stereocenters. The number of benzene rings is 1. The van der Waals surface area contributed by atoms with E-state index in [1.54, 1.807) is 0 Å². The monoisotopic (exact) mass is 293 g/mol. The van der Waals surface area contributed by atoms with Crippen molar-refractivity contribution in [3.63, 3.8) is 0 Å². The molecule has 6 heteroatoms. The molecule has 1 aliphatic heterocycles. The van der Waals surface area contributed by atoms with Crippen molar-refractivity contribution in [1.29, 1.82) is 0 Å². The molecule has 1 amide bonds. The van der Waals surface area contributed by atoms with Crippen LogP contribution in [0, 0.1) is 0 Å². The molecule has 1 aliphatic rings. The Morgan fingerprint density at radius 2 is 1.67 bits per heavy atom. The Balaban J connectivity index is 0.000000315. The summed E-state index contributed by atoms with van der Waals surface area (Å²) in [6.07, 6.45) is 5.71. The van der Waals surface area contributed by atoms with E-state index in [1.807, 2.05) is 23.1 Å². The lowest BCUT2D eigenvalue weighted by Crippen LogP contribution is -2.26. The van der Waals surface area contributed by atoms with Crippen molar-refractivity contribution in [2.75, 3.05) is 6.54 Å². The standard InChI is InChI=1S/C13H17NO.C2H2O4/c15-11-14-10-6-2-5-9-13(14)12-7-3-1-4-8-12;3-1(4)2(5)6/h1,3-4,7-8,11,13H,2,5-6,9-10H2;(H,3,4)(H,5,6). The largest absolute Gasteiger partial charge is 0.473 e. The van der Waals surface area contributed by atoms with Crippen LogP contribution in [0.25, 0.3) is 0 Å². The number of likely N-dealkylation sites (tertiary alicyclic amines) is 1. The van der Waals surface area contributed by atoms with Crippen LogP contribution in [0.1, 0.15) is 37.3 Å². The van der Waals surface area contributed by atoms with Gasteiger partial charge in [0.2, 0.25) is 6.41 Å². The maximum Gasteiger partial charge on any atom is 0.414 e. The fourth-order valence-corrected chi connectivity index (χ4v) is 2.29. The highest BCUT2D eigenvalue weighted by atomic mass is 16.4. The molecule has 0 aliphatic carbocycles. The van der Waals surface area contributed by atoms with Gasteiger partial charge in [0.25, 0.3) is 0 Å². The Kier molecular flexibility index (Phi) is 6.94. The van der Waals surface area contributed by atoms with Gasteiger partial charge in [0.15, 0.2) is 0 Å². The quantitative estimate of drug-likeness (QED) is 0.641. The van der Waals surface area contributed by atoms with Gasteiger partial charge in [0, 0.05) is 6.54 Å². The van der Waals surface area contributed by atoms with E-state index in [1.165, 1.54) is 18.4 Å². The number of amides is 1. The molecule has 1 heterocycles. The number of carbonyl (C=O) groups excluding carboxylic acids is 1. The maximum absolute atomic E-state index is 11.0. The smallest absolute Gasteiger partial charge is 0.414 e. The molecule has 21 heavy (non-hydrogen) atoms. The average molecular weight is 293 g/mol. The van der Waals surface area contributed by atoms with Crippen LogP contribution in [0.4, 0.5) is 0 Å². The molecule has 1 aromatic rings. The molecule has 0 spiro atoms. The number of rotatable bonds is 2. The number of carboxylic acid groups (broad SMARTS) is 2. The zero-order chi connectivity index (χ0) is 15.7. The van der Waals surface area contributed by atoms with E-state index in [4.69, 9.17) is 19.8 Å². The first-order valence-electron chi connectivity index (χ1n) is 6.78. The van der Waals surface area contributed by atoms with Crippen molar-refractivity contribution >= 4 is 18.3 Å². The molecule has 1 fully saturated rings. The number of hydrogen-bond acceptors (Lipinski definition) is 3. The lowest BCUT2D eigenvalue weighted by Gasteiger charge is -2.26. The topological polar surface area (TPSA) is 94.9 Å². The first-order valence-corrected chi connectivity index (χ1v) is 6.78. The number of nitrogens with zero attached hydrogens (tertiary/aromatic N) is 1. The van der Waals surface area contributed by atoms with Crippen LogP contribution in [0.15, 0.2) is 30.3 Å². The van der Waals surface area contributed by atoms with Gasteiger partial charge >= 0.3 is 11.9 Å². The highest BCUT2D eigenvalue weighted by Crippen LogP contribution is 2.28. The lowest BCUT2D eigenvalue weighted by molar-refractivity contribution is -0.159. The van der Waals surface area contributed by atoms with E-state index in [0.29, 0.717) is 6.04 Å². The molecule has 114 valence electrons. The van der Waals surface area contributed by atoms with Crippen molar-refractivity contribution in [1.82, 2.24) is 4.90 Å². The predicted molar refractivity (Wildman–Crippen MR) is 75.7 cm³/mol. The molecular formula is C15H19NO5. The average Bonchev–Trinajstić information content (AvgIpc) is 2.73. The summed E-state index contributed by atoms with van der Waals surface area (Å²) in [6, 6.07) is 10.6. The molecule has 0 aromatic heterocycles. The lowest BCUT2D eigenvalue weighted by atomic mass is 10.0. The fraction of sp³-hybridized carbons (Fsp3) is 0.400. The minimum atomic E-state index is -1.82. The van der Waals surface area contributed by atoms with E-state index in [9.17, 15) is 4.79 Å². The van der Waals surface area contributed by atoms with Gasteiger partial charge in [-0.3, -0.25) is 4.79 Å². The van der Waals surface area contributed by atoms with Crippen LogP contribution < -0.4 is 0 Å². The number of aliphatic carboxylic acids is 2. The van der Waals surface area contributed by atoms with Gasteiger partial charge in [-0.15, -0.1) is 0 Å². The summed E-state index contributed by atoms with van der Waals surface area (Å²) >= 11 is 0. The normalized spacial score (nSPS) is 17.9. The summed E-state index contributed by atoms with van der Waals surface area (Å²) in [5.41, 5.74) is 1.27. The second kappa shape index (κ2) is 8.73. The third-order valence-electron chi connectivity index (χ3n) is 3.30. The summed E-state index contributed by atoms with van der Waals surface area (Å²) in [7, 11) is 0. The summed E-state index contributed by atoms with van der Waals surface area (Å²) in [4.78, 5) is 31.2. The predicted octanol–water partition coefficient (Wildman–Crippen LogP) is 1.92. The van der Waals surface area contributed by atoms with Gasteiger partial charge in [-0.2, -0.15) is 0 Å². The Labute approximate surface area is 123 Å². The first kappa shape index (κ1) is 16.7. The highest BCUT2D eigenvalue weighted by Gasteiger charge is 2.20. The van der Waals surface area contributed by atoms with Gasteiger partial charge < -0.3 is 15.1 Å². The molecule has 1 saturated heterocycles. The summed E-state index contributed by atoms with van der Waals surface area (Å²) in [5.74, 6) is -3.65. The minimum Gasteiger partial charge on any atom is -0.473 e. The fourth-order valence-electron chi connectivity index (χ4n) is 2.29. The minimum absolute atomic E-state index is 0.297. The van der Waals surface area contributed by atoms with Crippen LogP contribution in [-0.2, 0) is 14.4 Å². The van der Waals surface area contributed by atoms with Gasteiger partial charge in [-0.05, 0) is 18.4 Å². The van der Waals surface area contributed by atoms with Gasteiger partial charge in [0.05, 0.1) is 6.04 Å². The van der Waals surface area contributed by atoms with Crippen molar-refractivity contribution in [3.8, 4) is 0 Å². The van der Waals surface area contributed by atoms with Crippen molar-refractivity contribution in [3.05, 3.63) is 35.9 Å². The summed E-state index contributed by atoms with van der Waals surface area (Å²) < 4.78 is 0. The molecular weight excluding hydrogens is 274 g/mol. The third-order valence-corrected chi connectivity index (χ3v) is 3.30. The zero-order valence-corrected chi connectivity index (χ0v) is 11.6. The summed E-state index contributed by atoms with van der Waals surface area (Å²) in [5, 5.41) is 14.8. The van der Waals surface area contributed by atoms with Crippen LogP contribution in [0.2, 0.25) is 0 Å². The summed E-state index contributed by atoms with van der Waals surface area (Å²) in [6.45, 7) is 0.906. The molecule has 0 saturated carbocycles. The van der Waals surface area contributed by atoms with E-state index in [0.717, 1.165) is 25.8 Å². The molecule has 0 bridgehead atoms. The number of carboxylic acids is 2. The Bertz CT molecular complexity index is 462. The van der Waals surface area contributed by atoms with E-state index in [-0.39, 0.29) is 0 Å². The molecule has 2 rings (SSSR count). The Hall–Kier alpha value is -2.37. The zero-order valence-electron chi connectivity index (χ0n) is 11.6. The Morgan fingerprint density at radius 1 is 1.05 bits per heavy atom. The van der Waals surface area contributed by atoms with Crippen molar-refractivity contribution in [2.24, 2.45) is 0 Å². The third kappa shape index (κ3) is 5.64. The first-order chi connectivity index (χ1) is 10.1. The van der Waals surface area contributed by atoms with Gasteiger partial charge in [0.1, 0.15) is 0 Å². The van der Waals surface area contributed by atoms with Crippen molar-refractivity contribution < 1.29 is 24.6 Å². The van der Waals surface area contributed by atoms with Crippen LogP contribution in [0.3, 0.4) is 0 Å². The van der Waals surface area contributed by atoms with E-state index in [2.05, 4.69) is 12.1 Å². The molecule has 0 radical (unpaired) electrons. The molecule has 1 aromatic carbocycles. The Morgan fingerprint density at radius 3 is 2.19 bits per heavy atom. The molecule has 2 N–H and O–H groups in total. The second-order valence-electron chi connectivity index (χ2n) is 4.73. The van der Waals surface area contributed by atoms with Crippen LogP contribution in [0.5, 0.6) is 0 Å². The van der Waals surface area contributed by atoms with E-state index < -0.39 is 11.9 Å². The van der Waals surface area contributed by atoms with Gasteiger partial charge in [-0.25, -0.2) is 9.59 Å². The van der Waals surface area contributed by atoms with Crippen LogP contribution in [-0.4, -0.2) is 40.0 Å². The number of carbonyl (C=O) groups is 3. The van der Waals surface area contributed by atoms with E-state index >= 15 is 0 Å². The van der Waals surface area contributed by atoms with Crippen molar-refractivity contribution in [2.45, 2.75) is 31.7 Å². The second-order valence-corrected chi connectivity index (χ2v) is 4.73. The van der Waals surface area contributed by atoms with Crippen LogP contribution >= 0.6 is 0 Å². The molecule has 1 unspecified atom stereocenters.